The smallest absolute Gasteiger partial charge is 0.345 e. The first-order valence-electron chi connectivity index (χ1n) is 10.1. The van der Waals surface area contributed by atoms with E-state index in [2.05, 4.69) is 10.1 Å². The maximum atomic E-state index is 11.9. The minimum atomic E-state index is -1.38. The lowest BCUT2D eigenvalue weighted by Crippen LogP contribution is -2.38. The van der Waals surface area contributed by atoms with Gasteiger partial charge in [0.05, 0.1) is 24.2 Å². The van der Waals surface area contributed by atoms with Crippen molar-refractivity contribution in [2.45, 2.75) is 18.9 Å². The van der Waals surface area contributed by atoms with E-state index in [0.717, 1.165) is 0 Å². The lowest BCUT2D eigenvalue weighted by Gasteiger charge is -2.11. The Hall–Kier alpha value is -3.56. The summed E-state index contributed by atoms with van der Waals surface area (Å²) < 4.78 is 15.0. The molecule has 0 fully saturated rings. The molecule has 0 heterocycles. The molecule has 2 N–H and O–H groups in total. The zero-order valence-electron chi connectivity index (χ0n) is 17.5. The van der Waals surface area contributed by atoms with Crippen LogP contribution in [0.4, 0.5) is 0 Å². The molecule has 2 aromatic carbocycles. The third-order valence-electron chi connectivity index (χ3n) is 4.14. The van der Waals surface area contributed by atoms with E-state index in [0.29, 0.717) is 18.6 Å². The molecule has 0 saturated carbocycles. The second kappa shape index (κ2) is 13.7. The Balaban J connectivity index is 1.51. The highest BCUT2D eigenvalue weighted by Crippen LogP contribution is 2.04. The van der Waals surface area contributed by atoms with E-state index in [-0.39, 0.29) is 25.3 Å². The topological polar surface area (TPSA) is 132 Å². The van der Waals surface area contributed by atoms with E-state index in [1.807, 2.05) is 0 Å². The lowest BCUT2D eigenvalue weighted by atomic mass is 10.2. The summed E-state index contributed by atoms with van der Waals surface area (Å²) >= 11 is 0. The molecule has 1 radical (unpaired) electrons. The summed E-state index contributed by atoms with van der Waals surface area (Å²) in [4.78, 5) is 47.2. The molecule has 1 unspecified atom stereocenters. The average Bonchev–Trinajstić information content (AvgIpc) is 2.81. The van der Waals surface area contributed by atoms with Gasteiger partial charge in [-0.15, -0.1) is 0 Å². The molecule has 0 aliphatic carbocycles. The van der Waals surface area contributed by atoms with Crippen LogP contribution < -0.4 is 11.1 Å². The average molecular weight is 441 g/mol. The normalized spacial score (nSPS) is 11.3. The molecule has 0 aromatic heterocycles. The third kappa shape index (κ3) is 9.07. The SMILES string of the molecule is [NH]C(CC(=O)OC(=O)c1ccccc1)C(=O)NCCCOCCOC(=O)c1ccccc1. The van der Waals surface area contributed by atoms with Crippen molar-refractivity contribution in [3.63, 3.8) is 0 Å². The van der Waals surface area contributed by atoms with Crippen LogP contribution in [0.25, 0.3) is 0 Å². The fraction of sp³-hybridized carbons (Fsp3) is 0.304. The van der Waals surface area contributed by atoms with Crippen molar-refractivity contribution < 1.29 is 33.4 Å². The second-order valence-corrected chi connectivity index (χ2v) is 6.64. The van der Waals surface area contributed by atoms with Crippen molar-refractivity contribution in [1.82, 2.24) is 11.1 Å². The first kappa shape index (κ1) is 24.7. The molecule has 0 aliphatic heterocycles. The van der Waals surface area contributed by atoms with E-state index < -0.39 is 36.3 Å². The predicted molar refractivity (Wildman–Crippen MR) is 114 cm³/mol. The van der Waals surface area contributed by atoms with Gasteiger partial charge in [0, 0.05) is 13.2 Å². The Morgan fingerprint density at radius 3 is 2.03 bits per heavy atom. The fourth-order valence-electron chi connectivity index (χ4n) is 2.50. The van der Waals surface area contributed by atoms with Gasteiger partial charge >= 0.3 is 17.9 Å². The molecule has 0 aliphatic rings. The monoisotopic (exact) mass is 441 g/mol. The van der Waals surface area contributed by atoms with E-state index in [1.165, 1.54) is 12.1 Å². The molecule has 0 saturated heterocycles. The maximum Gasteiger partial charge on any atom is 0.345 e. The van der Waals surface area contributed by atoms with Crippen LogP contribution in [0.1, 0.15) is 33.6 Å². The summed E-state index contributed by atoms with van der Waals surface area (Å²) in [7, 11) is 0. The molecule has 2 rings (SSSR count). The number of benzene rings is 2. The number of rotatable bonds is 12. The number of carbonyl (C=O) groups is 4. The number of amides is 1. The number of carbonyl (C=O) groups excluding carboxylic acids is 4. The van der Waals surface area contributed by atoms with E-state index in [4.69, 9.17) is 15.2 Å². The molecule has 9 heteroatoms. The standard InChI is InChI=1S/C23H25N2O7/c24-19(16-20(26)32-23(29)18-10-5-2-6-11-18)21(27)25-12-7-13-30-14-15-31-22(28)17-8-3-1-4-9-17/h1-6,8-11,19,24H,7,12-16H2,(H,25,27). The number of ether oxygens (including phenoxy) is 3. The first-order chi connectivity index (χ1) is 15.5. The van der Waals surface area contributed by atoms with Crippen LogP contribution in [0.5, 0.6) is 0 Å². The number of hydrogen-bond donors (Lipinski definition) is 1. The van der Waals surface area contributed by atoms with Crippen LogP contribution in [0.15, 0.2) is 60.7 Å². The van der Waals surface area contributed by atoms with Gasteiger partial charge in [0.1, 0.15) is 12.6 Å². The number of nitrogens with one attached hydrogen (secondary N) is 2. The Morgan fingerprint density at radius 2 is 1.41 bits per heavy atom. The van der Waals surface area contributed by atoms with E-state index in [9.17, 15) is 19.2 Å². The van der Waals surface area contributed by atoms with Crippen molar-refractivity contribution >= 4 is 23.8 Å². The van der Waals surface area contributed by atoms with Crippen molar-refractivity contribution in [1.29, 1.82) is 0 Å². The van der Waals surface area contributed by atoms with Gasteiger partial charge in [-0.25, -0.2) is 15.3 Å². The first-order valence-corrected chi connectivity index (χ1v) is 10.1. The van der Waals surface area contributed by atoms with Crippen LogP contribution >= 0.6 is 0 Å². The zero-order chi connectivity index (χ0) is 23.2. The Morgan fingerprint density at radius 1 is 0.812 bits per heavy atom. The molecular weight excluding hydrogens is 416 g/mol. The largest absolute Gasteiger partial charge is 0.460 e. The van der Waals surface area contributed by atoms with Gasteiger partial charge in [-0.1, -0.05) is 36.4 Å². The molecule has 1 atom stereocenters. The third-order valence-corrected chi connectivity index (χ3v) is 4.14. The Labute approximate surface area is 185 Å². The lowest BCUT2D eigenvalue weighted by molar-refractivity contribution is -0.140. The van der Waals surface area contributed by atoms with Crippen molar-refractivity contribution in [3.8, 4) is 0 Å². The second-order valence-electron chi connectivity index (χ2n) is 6.64. The molecule has 169 valence electrons. The van der Waals surface area contributed by atoms with Crippen molar-refractivity contribution in [2.24, 2.45) is 0 Å². The van der Waals surface area contributed by atoms with Gasteiger partial charge in [-0.05, 0) is 30.7 Å². The van der Waals surface area contributed by atoms with Gasteiger partial charge in [0.2, 0.25) is 5.91 Å². The van der Waals surface area contributed by atoms with Crippen LogP contribution in [-0.2, 0) is 23.8 Å². The van der Waals surface area contributed by atoms with Gasteiger partial charge in [-0.2, -0.15) is 0 Å². The van der Waals surface area contributed by atoms with Crippen LogP contribution in [0.3, 0.4) is 0 Å². The summed E-state index contributed by atoms with van der Waals surface area (Å²) in [6.07, 6.45) is -0.0598. The minimum absolute atomic E-state index is 0.110. The summed E-state index contributed by atoms with van der Waals surface area (Å²) in [5.41, 5.74) is 8.41. The fourth-order valence-corrected chi connectivity index (χ4v) is 2.50. The van der Waals surface area contributed by atoms with Crippen LogP contribution in [0.2, 0.25) is 0 Å². The van der Waals surface area contributed by atoms with Gasteiger partial charge in [0.25, 0.3) is 0 Å². The Bertz CT molecular complexity index is 888. The molecule has 32 heavy (non-hydrogen) atoms. The van der Waals surface area contributed by atoms with Gasteiger partial charge < -0.3 is 19.5 Å². The summed E-state index contributed by atoms with van der Waals surface area (Å²) in [5.74, 6) is -2.84. The number of esters is 3. The highest BCUT2D eigenvalue weighted by atomic mass is 16.6. The predicted octanol–water partition coefficient (Wildman–Crippen LogP) is 1.79. The summed E-state index contributed by atoms with van der Waals surface area (Å²) in [6.45, 7) is 0.892. The number of hydrogen-bond acceptors (Lipinski definition) is 7. The van der Waals surface area contributed by atoms with E-state index in [1.54, 1.807) is 48.5 Å². The molecule has 0 bridgehead atoms. The molecular formula is C23H25N2O7. The molecule has 1 amide bonds. The summed E-state index contributed by atoms with van der Waals surface area (Å²) in [5, 5.41) is 2.52. The molecule has 2 aromatic rings. The van der Waals surface area contributed by atoms with E-state index >= 15 is 0 Å². The highest BCUT2D eigenvalue weighted by molar-refractivity contribution is 5.98. The Kier molecular flexibility index (Phi) is 10.6. The van der Waals surface area contributed by atoms with Crippen molar-refractivity contribution in [3.05, 3.63) is 71.8 Å². The molecule has 9 nitrogen and oxygen atoms in total. The molecule has 0 spiro atoms. The zero-order valence-corrected chi connectivity index (χ0v) is 17.5. The maximum absolute atomic E-state index is 11.9. The highest BCUT2D eigenvalue weighted by Gasteiger charge is 2.21. The van der Waals surface area contributed by atoms with Crippen molar-refractivity contribution in [2.75, 3.05) is 26.4 Å². The summed E-state index contributed by atoms with van der Waals surface area (Å²) in [6, 6.07) is 15.2. The minimum Gasteiger partial charge on any atom is -0.460 e. The van der Waals surface area contributed by atoms with Gasteiger partial charge in [-0.3, -0.25) is 9.59 Å². The quantitative estimate of drug-likeness (QED) is 0.302. The van der Waals surface area contributed by atoms with Gasteiger partial charge in [0.15, 0.2) is 0 Å². The van der Waals surface area contributed by atoms with Crippen LogP contribution in [0, 0.1) is 0 Å². The van der Waals surface area contributed by atoms with Crippen LogP contribution in [-0.4, -0.2) is 56.2 Å².